The van der Waals surface area contributed by atoms with Gasteiger partial charge >= 0.3 is 0 Å². The molecule has 6 heteroatoms. The Bertz CT molecular complexity index is 723. The minimum absolute atomic E-state index is 0.285. The van der Waals surface area contributed by atoms with Crippen LogP contribution < -0.4 is 14.8 Å². The number of ether oxygens (including phenoxy) is 2. The van der Waals surface area contributed by atoms with E-state index in [0.29, 0.717) is 18.2 Å². The van der Waals surface area contributed by atoms with E-state index < -0.39 is 0 Å². The van der Waals surface area contributed by atoms with Gasteiger partial charge in [0.25, 0.3) is 0 Å². The molecule has 0 aliphatic carbocycles. The van der Waals surface area contributed by atoms with Gasteiger partial charge in [-0.3, -0.25) is 0 Å². The van der Waals surface area contributed by atoms with Crippen LogP contribution in [0.1, 0.15) is 11.1 Å². The highest BCUT2D eigenvalue weighted by molar-refractivity contribution is 7.80. The van der Waals surface area contributed by atoms with Crippen LogP contribution in [0.25, 0.3) is 0 Å². The average molecular weight is 349 g/mol. The first-order valence-corrected chi connectivity index (χ1v) is 8.02. The van der Waals surface area contributed by atoms with Crippen molar-refractivity contribution in [2.45, 2.75) is 13.1 Å². The third-order valence-corrected chi connectivity index (χ3v) is 4.23. The summed E-state index contributed by atoms with van der Waals surface area (Å²) in [6, 6.07) is 13.7. The smallest absolute Gasteiger partial charge is 0.231 e. The fourth-order valence-corrected chi connectivity index (χ4v) is 2.69. The number of hydrogen-bond acceptors (Lipinski definition) is 3. The quantitative estimate of drug-likeness (QED) is 0.854. The lowest BCUT2D eigenvalue weighted by atomic mass is 10.2. The highest BCUT2D eigenvalue weighted by Crippen LogP contribution is 2.32. The van der Waals surface area contributed by atoms with E-state index in [0.717, 1.165) is 27.6 Å². The number of fused-ring (bicyclic) bond motifs is 1. The molecule has 0 saturated heterocycles. The predicted molar refractivity (Wildman–Crippen MR) is 94.9 cm³/mol. The van der Waals surface area contributed by atoms with Crippen molar-refractivity contribution in [2.24, 2.45) is 0 Å². The second-order valence-corrected chi connectivity index (χ2v) is 6.16. The van der Waals surface area contributed by atoms with E-state index in [9.17, 15) is 0 Å². The predicted octanol–water partition coefficient (Wildman–Crippen LogP) is 3.58. The van der Waals surface area contributed by atoms with Crippen molar-refractivity contribution in [3.8, 4) is 11.5 Å². The number of thiocarbonyl (C=S) groups is 1. The van der Waals surface area contributed by atoms with E-state index in [1.54, 1.807) is 0 Å². The number of nitrogens with one attached hydrogen (secondary N) is 1. The third kappa shape index (κ3) is 4.06. The molecule has 4 nitrogen and oxygen atoms in total. The Morgan fingerprint density at radius 1 is 1.17 bits per heavy atom. The van der Waals surface area contributed by atoms with Gasteiger partial charge in [0, 0.05) is 25.2 Å². The molecule has 0 amide bonds. The number of rotatable bonds is 4. The number of nitrogens with zero attached hydrogens (tertiary/aromatic N) is 1. The van der Waals surface area contributed by atoms with Crippen molar-refractivity contribution in [1.82, 2.24) is 10.2 Å². The minimum Gasteiger partial charge on any atom is -0.454 e. The molecule has 0 fully saturated rings. The highest BCUT2D eigenvalue weighted by Gasteiger charge is 2.13. The van der Waals surface area contributed by atoms with Crippen molar-refractivity contribution >= 4 is 28.9 Å². The van der Waals surface area contributed by atoms with Crippen molar-refractivity contribution < 1.29 is 9.47 Å². The Balaban J connectivity index is 1.54. The molecule has 2 aromatic rings. The molecule has 0 radical (unpaired) electrons. The van der Waals surface area contributed by atoms with Gasteiger partial charge in [-0.1, -0.05) is 29.8 Å². The van der Waals surface area contributed by atoms with E-state index in [1.807, 2.05) is 54.4 Å². The Labute approximate surface area is 146 Å². The zero-order chi connectivity index (χ0) is 16.2. The molecule has 120 valence electrons. The van der Waals surface area contributed by atoms with Crippen LogP contribution in [-0.2, 0) is 13.1 Å². The average Bonchev–Trinajstić information content (AvgIpc) is 3.00. The highest BCUT2D eigenvalue weighted by atomic mass is 35.5. The lowest BCUT2D eigenvalue weighted by Gasteiger charge is -2.21. The van der Waals surface area contributed by atoms with E-state index in [1.165, 1.54) is 0 Å². The van der Waals surface area contributed by atoms with E-state index in [2.05, 4.69) is 5.32 Å². The summed E-state index contributed by atoms with van der Waals surface area (Å²) in [5.41, 5.74) is 2.21. The van der Waals surface area contributed by atoms with Crippen LogP contribution in [0.2, 0.25) is 5.02 Å². The Morgan fingerprint density at radius 2 is 2.00 bits per heavy atom. The SMILES string of the molecule is CN(Cc1cccc(Cl)c1)C(=S)NCc1ccc2c(c1)OCO2. The minimum atomic E-state index is 0.285. The van der Waals surface area contributed by atoms with Gasteiger partial charge in [-0.2, -0.15) is 0 Å². The maximum Gasteiger partial charge on any atom is 0.231 e. The molecule has 2 aromatic carbocycles. The molecule has 0 bridgehead atoms. The molecule has 0 unspecified atom stereocenters. The largest absolute Gasteiger partial charge is 0.454 e. The van der Waals surface area contributed by atoms with Gasteiger partial charge < -0.3 is 19.7 Å². The summed E-state index contributed by atoms with van der Waals surface area (Å²) in [5, 5.41) is 4.67. The number of hydrogen-bond donors (Lipinski definition) is 1. The summed E-state index contributed by atoms with van der Waals surface area (Å²) in [6.07, 6.45) is 0. The summed E-state index contributed by atoms with van der Waals surface area (Å²) in [6.45, 7) is 1.62. The lowest BCUT2D eigenvalue weighted by molar-refractivity contribution is 0.174. The molecule has 0 atom stereocenters. The van der Waals surface area contributed by atoms with E-state index in [4.69, 9.17) is 33.3 Å². The fourth-order valence-electron chi connectivity index (χ4n) is 2.34. The van der Waals surface area contributed by atoms with Crippen molar-refractivity contribution in [3.05, 3.63) is 58.6 Å². The summed E-state index contributed by atoms with van der Waals surface area (Å²) >= 11 is 11.4. The molecule has 1 aliphatic heterocycles. The molecule has 23 heavy (non-hydrogen) atoms. The molecule has 1 N–H and O–H groups in total. The van der Waals surface area contributed by atoms with Crippen LogP contribution in [0.15, 0.2) is 42.5 Å². The first kappa shape index (κ1) is 15.9. The summed E-state index contributed by atoms with van der Waals surface area (Å²) in [7, 11) is 1.95. The fraction of sp³-hybridized carbons (Fsp3) is 0.235. The number of benzene rings is 2. The molecule has 0 aromatic heterocycles. The summed E-state index contributed by atoms with van der Waals surface area (Å²) in [5.74, 6) is 1.57. The van der Waals surface area contributed by atoms with Gasteiger partial charge in [-0.25, -0.2) is 0 Å². The van der Waals surface area contributed by atoms with Crippen LogP contribution in [0.3, 0.4) is 0 Å². The van der Waals surface area contributed by atoms with E-state index in [-0.39, 0.29) is 6.79 Å². The molecule has 1 aliphatic rings. The molecule has 0 saturated carbocycles. The van der Waals surface area contributed by atoms with Gasteiger partial charge in [0.05, 0.1) is 0 Å². The van der Waals surface area contributed by atoms with Gasteiger partial charge in [-0.15, -0.1) is 0 Å². The van der Waals surface area contributed by atoms with E-state index >= 15 is 0 Å². The number of halogens is 1. The van der Waals surface area contributed by atoms with Gasteiger partial charge in [0.15, 0.2) is 16.6 Å². The standard InChI is InChI=1S/C17H17ClN2O2S/c1-20(10-13-3-2-4-14(18)7-13)17(23)19-9-12-5-6-15-16(8-12)22-11-21-15/h2-8H,9-11H2,1H3,(H,19,23). The van der Waals surface area contributed by atoms with Crippen LogP contribution in [0, 0.1) is 0 Å². The molecular formula is C17H17ClN2O2S. The van der Waals surface area contributed by atoms with Gasteiger partial charge in [0.2, 0.25) is 6.79 Å². The molecule has 0 spiro atoms. The van der Waals surface area contributed by atoms with Crippen molar-refractivity contribution in [3.63, 3.8) is 0 Å². The zero-order valence-electron chi connectivity index (χ0n) is 12.7. The summed E-state index contributed by atoms with van der Waals surface area (Å²) in [4.78, 5) is 1.98. The second kappa shape index (κ2) is 7.06. The monoisotopic (exact) mass is 348 g/mol. The maximum atomic E-state index is 6.01. The summed E-state index contributed by atoms with van der Waals surface area (Å²) < 4.78 is 10.7. The van der Waals surface area contributed by atoms with Crippen molar-refractivity contribution in [2.75, 3.05) is 13.8 Å². The topological polar surface area (TPSA) is 33.7 Å². The Hall–Kier alpha value is -1.98. The van der Waals surface area contributed by atoms with Gasteiger partial charge in [0.1, 0.15) is 0 Å². The first-order chi connectivity index (χ1) is 11.1. The normalized spacial score (nSPS) is 12.1. The van der Waals surface area contributed by atoms with Crippen LogP contribution in [0.4, 0.5) is 0 Å². The molecule has 3 rings (SSSR count). The molecular weight excluding hydrogens is 332 g/mol. The third-order valence-electron chi connectivity index (χ3n) is 3.54. The van der Waals surface area contributed by atoms with Crippen LogP contribution in [-0.4, -0.2) is 23.9 Å². The zero-order valence-corrected chi connectivity index (χ0v) is 14.3. The van der Waals surface area contributed by atoms with Crippen molar-refractivity contribution in [1.29, 1.82) is 0 Å². The lowest BCUT2D eigenvalue weighted by Crippen LogP contribution is -2.36. The van der Waals surface area contributed by atoms with Gasteiger partial charge in [-0.05, 0) is 47.6 Å². The Morgan fingerprint density at radius 3 is 2.83 bits per heavy atom. The van der Waals surface area contributed by atoms with Crippen LogP contribution >= 0.6 is 23.8 Å². The second-order valence-electron chi connectivity index (χ2n) is 5.33. The Kier molecular flexibility index (Phi) is 4.88. The first-order valence-electron chi connectivity index (χ1n) is 7.24. The molecule has 1 heterocycles. The van der Waals surface area contributed by atoms with Crippen LogP contribution in [0.5, 0.6) is 11.5 Å². The maximum absolute atomic E-state index is 6.01.